The monoisotopic (exact) mass is 329 g/mol. The molecule has 7 heteroatoms. The number of hydrogen-bond acceptors (Lipinski definition) is 5. The Bertz CT molecular complexity index is 631. The standard InChI is InChI=1S/C15H23NO5S/c1-12-4-5-13(21-2)14(10-12)22(19,20)16-8-3-6-15(18,11-17)7-9-16/h4-5,10,17-18H,3,6-9,11H2,1-2H3. The third-order valence-corrected chi connectivity index (χ3v) is 6.03. The first-order valence-electron chi connectivity index (χ1n) is 7.30. The lowest BCUT2D eigenvalue weighted by Crippen LogP contribution is -2.36. The van der Waals surface area contributed by atoms with E-state index in [2.05, 4.69) is 0 Å². The van der Waals surface area contributed by atoms with E-state index in [1.165, 1.54) is 11.4 Å². The van der Waals surface area contributed by atoms with Crippen molar-refractivity contribution in [3.8, 4) is 5.75 Å². The minimum Gasteiger partial charge on any atom is -0.495 e. The number of hydrogen-bond donors (Lipinski definition) is 2. The zero-order valence-corrected chi connectivity index (χ0v) is 13.8. The van der Waals surface area contributed by atoms with Crippen molar-refractivity contribution in [2.75, 3.05) is 26.8 Å². The summed E-state index contributed by atoms with van der Waals surface area (Å²) in [5.74, 6) is 0.312. The van der Waals surface area contributed by atoms with Gasteiger partial charge < -0.3 is 14.9 Å². The summed E-state index contributed by atoms with van der Waals surface area (Å²) in [5, 5.41) is 19.4. The summed E-state index contributed by atoms with van der Waals surface area (Å²) in [6, 6.07) is 5.03. The highest BCUT2D eigenvalue weighted by atomic mass is 32.2. The first-order chi connectivity index (χ1) is 10.3. The Morgan fingerprint density at radius 3 is 2.68 bits per heavy atom. The average molecular weight is 329 g/mol. The molecule has 0 saturated carbocycles. The molecule has 22 heavy (non-hydrogen) atoms. The van der Waals surface area contributed by atoms with E-state index in [1.54, 1.807) is 18.2 Å². The van der Waals surface area contributed by atoms with Crippen LogP contribution in [0.5, 0.6) is 5.75 Å². The molecule has 0 aromatic heterocycles. The van der Waals surface area contributed by atoms with Crippen LogP contribution in [0.3, 0.4) is 0 Å². The quantitative estimate of drug-likeness (QED) is 0.857. The Morgan fingerprint density at radius 2 is 2.05 bits per heavy atom. The molecule has 2 N–H and O–H groups in total. The van der Waals surface area contributed by atoms with E-state index in [0.717, 1.165) is 5.56 Å². The zero-order valence-electron chi connectivity index (χ0n) is 12.9. The second-order valence-corrected chi connectivity index (χ2v) is 7.70. The van der Waals surface area contributed by atoms with Gasteiger partial charge in [-0.05, 0) is 43.9 Å². The van der Waals surface area contributed by atoms with Gasteiger partial charge in [0.1, 0.15) is 10.6 Å². The maximum Gasteiger partial charge on any atom is 0.246 e. The van der Waals surface area contributed by atoms with E-state index >= 15 is 0 Å². The molecule has 1 fully saturated rings. The molecule has 0 amide bonds. The van der Waals surface area contributed by atoms with E-state index in [4.69, 9.17) is 4.74 Å². The van der Waals surface area contributed by atoms with Crippen LogP contribution in [0.2, 0.25) is 0 Å². The fourth-order valence-electron chi connectivity index (χ4n) is 2.68. The summed E-state index contributed by atoms with van der Waals surface area (Å²) in [6.07, 6.45) is 1.11. The van der Waals surface area contributed by atoms with Crippen LogP contribution < -0.4 is 4.74 Å². The molecule has 0 radical (unpaired) electrons. The van der Waals surface area contributed by atoms with Gasteiger partial charge in [0.15, 0.2) is 0 Å². The van der Waals surface area contributed by atoms with Gasteiger partial charge in [-0.3, -0.25) is 0 Å². The molecule has 1 aliphatic rings. The van der Waals surface area contributed by atoms with Crippen LogP contribution in [-0.2, 0) is 10.0 Å². The highest BCUT2D eigenvalue weighted by Crippen LogP contribution is 2.30. The first-order valence-corrected chi connectivity index (χ1v) is 8.74. The third kappa shape index (κ3) is 3.43. The Balaban J connectivity index is 2.33. The van der Waals surface area contributed by atoms with Gasteiger partial charge in [-0.2, -0.15) is 4.31 Å². The Hall–Kier alpha value is -1.15. The second-order valence-electron chi connectivity index (χ2n) is 5.79. The third-order valence-electron chi connectivity index (χ3n) is 4.11. The molecule has 2 rings (SSSR count). The molecule has 1 aliphatic heterocycles. The zero-order chi connectivity index (χ0) is 16.4. The van der Waals surface area contributed by atoms with Crippen molar-refractivity contribution >= 4 is 10.0 Å². The van der Waals surface area contributed by atoms with Crippen LogP contribution in [0.1, 0.15) is 24.8 Å². The molecule has 1 unspecified atom stereocenters. The molecule has 0 aliphatic carbocycles. The van der Waals surface area contributed by atoms with Gasteiger partial charge >= 0.3 is 0 Å². The smallest absolute Gasteiger partial charge is 0.246 e. The molecular formula is C15H23NO5S. The first kappa shape index (κ1) is 17.2. The van der Waals surface area contributed by atoms with E-state index in [9.17, 15) is 18.6 Å². The number of sulfonamides is 1. The van der Waals surface area contributed by atoms with Gasteiger partial charge in [-0.1, -0.05) is 6.07 Å². The lowest BCUT2D eigenvalue weighted by Gasteiger charge is -2.24. The lowest BCUT2D eigenvalue weighted by molar-refractivity contribution is -0.0244. The van der Waals surface area contributed by atoms with Gasteiger partial charge in [-0.25, -0.2) is 8.42 Å². The summed E-state index contributed by atoms with van der Waals surface area (Å²) in [5.41, 5.74) is -0.359. The van der Waals surface area contributed by atoms with Crippen molar-refractivity contribution in [3.05, 3.63) is 23.8 Å². The average Bonchev–Trinajstić information content (AvgIpc) is 2.70. The molecule has 0 spiro atoms. The fourth-order valence-corrected chi connectivity index (χ4v) is 4.40. The molecule has 1 aromatic carbocycles. The maximum atomic E-state index is 12.9. The van der Waals surface area contributed by atoms with Crippen LogP contribution in [0.4, 0.5) is 0 Å². The van der Waals surface area contributed by atoms with Crippen LogP contribution in [0.15, 0.2) is 23.1 Å². The molecule has 1 saturated heterocycles. The summed E-state index contributed by atoms with van der Waals surface area (Å²) in [7, 11) is -2.25. The highest BCUT2D eigenvalue weighted by molar-refractivity contribution is 7.89. The van der Waals surface area contributed by atoms with Crippen molar-refractivity contribution in [2.45, 2.75) is 36.7 Å². The topological polar surface area (TPSA) is 87.1 Å². The summed E-state index contributed by atoms with van der Waals surface area (Å²) in [6.45, 7) is 1.97. The Morgan fingerprint density at radius 1 is 1.32 bits per heavy atom. The second kappa shape index (κ2) is 6.54. The SMILES string of the molecule is COc1ccc(C)cc1S(=O)(=O)N1CCCC(O)(CO)CC1. The van der Waals surface area contributed by atoms with Crippen LogP contribution in [0.25, 0.3) is 0 Å². The van der Waals surface area contributed by atoms with Crippen molar-refractivity contribution in [3.63, 3.8) is 0 Å². The van der Waals surface area contributed by atoms with Gasteiger partial charge in [0.2, 0.25) is 10.0 Å². The van der Waals surface area contributed by atoms with Crippen molar-refractivity contribution in [1.29, 1.82) is 0 Å². The number of methoxy groups -OCH3 is 1. The largest absolute Gasteiger partial charge is 0.495 e. The number of benzene rings is 1. The van der Waals surface area contributed by atoms with E-state index in [-0.39, 0.29) is 24.5 Å². The van der Waals surface area contributed by atoms with Gasteiger partial charge in [-0.15, -0.1) is 0 Å². The van der Waals surface area contributed by atoms with Crippen molar-refractivity contribution < 1.29 is 23.4 Å². The fraction of sp³-hybridized carbons (Fsp3) is 0.600. The molecule has 0 bridgehead atoms. The normalized spacial score (nSPS) is 24.0. The minimum absolute atomic E-state index is 0.143. The number of aryl methyl sites for hydroxylation is 1. The van der Waals surface area contributed by atoms with Crippen molar-refractivity contribution in [2.24, 2.45) is 0 Å². The molecule has 6 nitrogen and oxygen atoms in total. The predicted molar refractivity (Wildman–Crippen MR) is 82.4 cm³/mol. The lowest BCUT2D eigenvalue weighted by atomic mass is 9.96. The van der Waals surface area contributed by atoms with Gasteiger partial charge in [0.05, 0.1) is 19.3 Å². The molecule has 1 heterocycles. The van der Waals surface area contributed by atoms with Crippen LogP contribution >= 0.6 is 0 Å². The van der Waals surface area contributed by atoms with E-state index < -0.39 is 15.6 Å². The van der Waals surface area contributed by atoms with Crippen molar-refractivity contribution in [1.82, 2.24) is 4.31 Å². The summed E-state index contributed by atoms with van der Waals surface area (Å²) < 4.78 is 32.3. The Kier molecular flexibility index (Phi) is 5.11. The summed E-state index contributed by atoms with van der Waals surface area (Å²) >= 11 is 0. The highest BCUT2D eigenvalue weighted by Gasteiger charge is 2.35. The number of aliphatic hydroxyl groups is 2. The predicted octanol–water partition coefficient (Wildman–Crippen LogP) is 0.902. The number of nitrogens with zero attached hydrogens (tertiary/aromatic N) is 1. The minimum atomic E-state index is -3.69. The van der Waals surface area contributed by atoms with Gasteiger partial charge in [0, 0.05) is 13.1 Å². The van der Waals surface area contributed by atoms with Crippen LogP contribution in [0, 0.1) is 6.92 Å². The summed E-state index contributed by atoms with van der Waals surface area (Å²) in [4.78, 5) is 0.143. The molecule has 124 valence electrons. The molecular weight excluding hydrogens is 306 g/mol. The maximum absolute atomic E-state index is 12.9. The Labute approximate surface area is 131 Å². The number of aliphatic hydroxyl groups excluding tert-OH is 1. The molecule has 1 atom stereocenters. The van der Waals surface area contributed by atoms with Gasteiger partial charge in [0.25, 0.3) is 0 Å². The van der Waals surface area contributed by atoms with E-state index in [1.807, 2.05) is 6.92 Å². The van der Waals surface area contributed by atoms with E-state index in [0.29, 0.717) is 25.1 Å². The number of rotatable bonds is 4. The molecule has 1 aromatic rings. The van der Waals surface area contributed by atoms with Crippen LogP contribution in [-0.4, -0.2) is 55.3 Å². The number of ether oxygens (including phenoxy) is 1.